The number of nitrogens with zero attached hydrogens (tertiary/aromatic N) is 3. The summed E-state index contributed by atoms with van der Waals surface area (Å²) in [5.74, 6) is -1.58. The van der Waals surface area contributed by atoms with Gasteiger partial charge in [-0.25, -0.2) is 9.78 Å². The molecule has 4 N–H and O–H groups in total. The second-order valence-corrected chi connectivity index (χ2v) is 13.3. The Morgan fingerprint density at radius 3 is 2.79 bits per heavy atom. The number of carbonyl (C=O) groups excluding carboxylic acids is 4. The van der Waals surface area contributed by atoms with Gasteiger partial charge < -0.3 is 30.5 Å². The zero-order valence-electron chi connectivity index (χ0n) is 21.4. The fraction of sp³-hybridized carbons (Fsp3) is 0.565. The molecule has 3 aliphatic rings. The van der Waals surface area contributed by atoms with E-state index in [2.05, 4.69) is 15.5 Å². The van der Waals surface area contributed by atoms with Gasteiger partial charge >= 0.3 is 11.9 Å². The summed E-state index contributed by atoms with van der Waals surface area (Å²) in [6.45, 7) is 4.90. The van der Waals surface area contributed by atoms with E-state index >= 15 is 0 Å². The van der Waals surface area contributed by atoms with Crippen LogP contribution in [-0.4, -0.2) is 85.8 Å². The van der Waals surface area contributed by atoms with Gasteiger partial charge in [-0.2, -0.15) is 0 Å². The molecular formula is C23H29N5O8S3. The highest BCUT2D eigenvalue weighted by Gasteiger charge is 2.53. The van der Waals surface area contributed by atoms with Gasteiger partial charge in [0.05, 0.1) is 12.0 Å². The Morgan fingerprint density at radius 1 is 1.36 bits per heavy atom. The first-order valence-corrected chi connectivity index (χ1v) is 14.9. The van der Waals surface area contributed by atoms with Gasteiger partial charge in [-0.15, -0.1) is 34.9 Å². The third-order valence-electron chi connectivity index (χ3n) is 5.95. The Balaban J connectivity index is 1.28. The second-order valence-electron chi connectivity index (χ2n) is 9.81. The lowest BCUT2D eigenvalue weighted by Gasteiger charge is -2.49. The maximum absolute atomic E-state index is 13.0. The molecule has 0 spiro atoms. The molecule has 0 saturated carbocycles. The van der Waals surface area contributed by atoms with Crippen molar-refractivity contribution in [1.82, 2.24) is 15.2 Å². The fourth-order valence-corrected chi connectivity index (χ4v) is 7.44. The van der Waals surface area contributed by atoms with Crippen molar-refractivity contribution >= 4 is 69.5 Å². The highest BCUT2D eigenvalue weighted by Crippen LogP contribution is 2.46. The molecule has 4 unspecified atom stereocenters. The van der Waals surface area contributed by atoms with Crippen molar-refractivity contribution < 1.29 is 38.6 Å². The lowest BCUT2D eigenvalue weighted by Crippen LogP contribution is -2.63. The molecule has 1 aromatic heterocycles. The Labute approximate surface area is 236 Å². The minimum Gasteiger partial charge on any atom is -0.427 e. The summed E-state index contributed by atoms with van der Waals surface area (Å²) >= 11 is 4.14. The number of oxime groups is 1. The van der Waals surface area contributed by atoms with Crippen LogP contribution in [0.4, 0.5) is 5.13 Å². The summed E-state index contributed by atoms with van der Waals surface area (Å²) in [6, 6.07) is 0. The summed E-state index contributed by atoms with van der Waals surface area (Å²) in [7, 11) is 0. The van der Waals surface area contributed by atoms with Crippen molar-refractivity contribution in [2.75, 3.05) is 24.9 Å². The summed E-state index contributed by atoms with van der Waals surface area (Å²) in [4.78, 5) is 55.5. The lowest BCUT2D eigenvalue weighted by atomic mass is 9.98. The van der Waals surface area contributed by atoms with E-state index in [1.54, 1.807) is 26.8 Å². The monoisotopic (exact) mass is 599 g/mol. The molecule has 0 radical (unpaired) electrons. The van der Waals surface area contributed by atoms with Gasteiger partial charge in [0.15, 0.2) is 10.8 Å². The first-order valence-electron chi connectivity index (χ1n) is 12.0. The van der Waals surface area contributed by atoms with Crippen molar-refractivity contribution in [3.63, 3.8) is 0 Å². The number of thioether (sulfide) groups is 2. The van der Waals surface area contributed by atoms with E-state index in [-0.39, 0.29) is 44.0 Å². The Kier molecular flexibility index (Phi) is 9.08. The van der Waals surface area contributed by atoms with Crippen molar-refractivity contribution in [1.29, 1.82) is 0 Å². The van der Waals surface area contributed by atoms with E-state index in [1.807, 2.05) is 0 Å². The zero-order valence-corrected chi connectivity index (χ0v) is 23.9. The third kappa shape index (κ3) is 6.67. The number of amides is 2. The number of aromatic nitrogens is 1. The molecule has 13 nitrogen and oxygen atoms in total. The van der Waals surface area contributed by atoms with E-state index in [0.717, 1.165) is 11.3 Å². The van der Waals surface area contributed by atoms with Gasteiger partial charge in [-0.3, -0.25) is 19.3 Å². The van der Waals surface area contributed by atoms with Gasteiger partial charge in [0.25, 0.3) is 5.91 Å². The number of rotatable bonds is 8. The third-order valence-corrected chi connectivity index (χ3v) is 9.54. The van der Waals surface area contributed by atoms with Crippen LogP contribution in [0.3, 0.4) is 0 Å². The fourth-order valence-electron chi connectivity index (χ4n) is 3.94. The van der Waals surface area contributed by atoms with Gasteiger partial charge in [0, 0.05) is 22.8 Å². The highest BCUT2D eigenvalue weighted by atomic mass is 32.2. The normalized spacial score (nSPS) is 25.2. The van der Waals surface area contributed by atoms with Crippen LogP contribution in [0.25, 0.3) is 0 Å². The number of anilines is 1. The summed E-state index contributed by atoms with van der Waals surface area (Å²) in [5, 5.41) is 16.2. The minimum atomic E-state index is -0.730. The van der Waals surface area contributed by atoms with Crippen LogP contribution in [0.15, 0.2) is 22.3 Å². The number of nitrogens with one attached hydrogen (secondary N) is 1. The number of thiazole rings is 1. The molecule has 16 heteroatoms. The Morgan fingerprint density at radius 2 is 2.13 bits per heavy atom. The number of hydrogen-bond acceptors (Lipinski definition) is 14. The molecule has 2 saturated heterocycles. The minimum absolute atomic E-state index is 0.00306. The number of esters is 2. The highest BCUT2D eigenvalue weighted by molar-refractivity contribution is 8.05. The van der Waals surface area contributed by atoms with Crippen LogP contribution >= 0.6 is 34.9 Å². The largest absolute Gasteiger partial charge is 0.427 e. The number of β-lactam (4-membered cyclic amide) rings is 1. The molecule has 0 bridgehead atoms. The topological polar surface area (TPSA) is 183 Å². The van der Waals surface area contributed by atoms with Crippen LogP contribution in [-0.2, 0) is 33.4 Å². The molecule has 4 rings (SSSR count). The van der Waals surface area contributed by atoms with Crippen LogP contribution in [0, 0.1) is 5.41 Å². The van der Waals surface area contributed by atoms with Crippen molar-refractivity contribution in [2.45, 2.75) is 55.7 Å². The average Bonchev–Trinajstić information content (AvgIpc) is 3.32. The number of nitrogen functional groups attached to an aromatic ring is 1. The molecular weight excluding hydrogens is 570 g/mol. The quantitative estimate of drug-likeness (QED) is 0.0979. The Hall–Kier alpha value is -2.82. The molecule has 4 atom stereocenters. The number of hydrogen-bond donors (Lipinski definition) is 3. The van der Waals surface area contributed by atoms with Gasteiger partial charge in [-0.05, 0) is 33.3 Å². The van der Waals surface area contributed by atoms with E-state index in [0.29, 0.717) is 25.2 Å². The average molecular weight is 600 g/mol. The standard InChI is InChI=1S/C23H29N5O8S3/c1-23(2,3)21(32)36-10-35-20(31)13-5-7-37-19-16(18(30)28(13)19)39-11-4-6-34-14(8-11)26-17(29)15(27-33)12-9-38-22(24)25-12/h5,9,11,14,16,19,33H,4,6-8,10H2,1-3H3,(H2,24,25)(H,26,29)/b27-15-. The zero-order chi connectivity index (χ0) is 28.3. The molecule has 3 aliphatic heterocycles. The van der Waals surface area contributed by atoms with Crippen molar-refractivity contribution in [3.05, 3.63) is 22.8 Å². The van der Waals surface area contributed by atoms with E-state index in [4.69, 9.17) is 19.9 Å². The van der Waals surface area contributed by atoms with E-state index < -0.39 is 36.3 Å². The number of fused-ring (bicyclic) bond motifs is 1. The maximum atomic E-state index is 13.0. The van der Waals surface area contributed by atoms with Gasteiger partial charge in [0.1, 0.15) is 28.2 Å². The van der Waals surface area contributed by atoms with Gasteiger partial charge in [-0.1, -0.05) is 5.16 Å². The molecule has 1 aromatic rings. The molecule has 2 amide bonds. The molecule has 2 fully saturated rings. The second kappa shape index (κ2) is 12.1. The molecule has 39 heavy (non-hydrogen) atoms. The molecule has 4 heterocycles. The maximum Gasteiger partial charge on any atom is 0.357 e. The number of ether oxygens (including phenoxy) is 3. The summed E-state index contributed by atoms with van der Waals surface area (Å²) in [6.07, 6.45) is 2.08. The van der Waals surface area contributed by atoms with Crippen LogP contribution in [0.2, 0.25) is 0 Å². The number of nitrogens with two attached hydrogens (primary N) is 1. The van der Waals surface area contributed by atoms with Gasteiger partial charge in [0.2, 0.25) is 12.7 Å². The van der Waals surface area contributed by atoms with E-state index in [9.17, 15) is 24.4 Å². The lowest BCUT2D eigenvalue weighted by molar-refractivity contribution is -0.173. The van der Waals surface area contributed by atoms with Crippen LogP contribution in [0.1, 0.15) is 39.3 Å². The molecule has 212 valence electrons. The first-order chi connectivity index (χ1) is 18.5. The van der Waals surface area contributed by atoms with Crippen molar-refractivity contribution in [2.24, 2.45) is 10.6 Å². The molecule has 0 aliphatic carbocycles. The predicted octanol–water partition coefficient (Wildman–Crippen LogP) is 1.52. The Bertz CT molecular complexity index is 1200. The first kappa shape index (κ1) is 29.2. The van der Waals surface area contributed by atoms with Crippen LogP contribution in [0.5, 0.6) is 0 Å². The number of carbonyl (C=O) groups is 4. The van der Waals surface area contributed by atoms with E-state index in [1.165, 1.54) is 33.8 Å². The summed E-state index contributed by atoms with van der Waals surface area (Å²) in [5.41, 5.74) is 4.89. The predicted molar refractivity (Wildman–Crippen MR) is 145 cm³/mol. The van der Waals surface area contributed by atoms with Crippen molar-refractivity contribution in [3.8, 4) is 0 Å². The molecule has 0 aromatic carbocycles. The smallest absolute Gasteiger partial charge is 0.357 e. The SMILES string of the molecule is CC(C)(C)C(=O)OCOC(=O)C1=CCSC2C(SC3CCOC(NC(=O)/C(=N\O)c4csc(N)n4)C3)C(=O)N12. The summed E-state index contributed by atoms with van der Waals surface area (Å²) < 4.78 is 15.8. The van der Waals surface area contributed by atoms with Crippen LogP contribution < -0.4 is 11.1 Å².